The van der Waals surface area contributed by atoms with Crippen LogP contribution >= 0.6 is 39.1 Å². The lowest BCUT2D eigenvalue weighted by molar-refractivity contribution is -0.130. The lowest BCUT2D eigenvalue weighted by atomic mass is 9.81. The summed E-state index contributed by atoms with van der Waals surface area (Å²) in [5.74, 6) is 0.421. The standard InChI is InChI=1S/C33H29BrCl2N6O4/c34-25-11-7-22(8-12-25)30-33(19-24-4-1-2-5-29(24)40-42-37,32(44)41-38-20-21-6-15-27(35)28(36)18-21)39-31(46-30)23-9-13-26(14-10-23)45-17-3-16-43/h1-2,4-15,18,30,38,43H,3,16-17,19-20H2,(H,41,44)/t30-,33-/m0/s1. The molecule has 10 nitrogen and oxygen atoms in total. The van der Waals surface area contributed by atoms with Gasteiger partial charge in [-0.15, -0.1) is 0 Å². The van der Waals surface area contributed by atoms with Gasteiger partial charge < -0.3 is 14.6 Å². The molecule has 46 heavy (non-hydrogen) atoms. The molecule has 5 rings (SSSR count). The first-order chi connectivity index (χ1) is 22.3. The van der Waals surface area contributed by atoms with Crippen molar-refractivity contribution < 1.29 is 19.4 Å². The normalized spacial score (nSPS) is 17.0. The molecule has 1 aliphatic rings. The predicted octanol–water partition coefficient (Wildman–Crippen LogP) is 7.78. The molecule has 2 atom stereocenters. The average Bonchev–Trinajstić information content (AvgIpc) is 3.45. The largest absolute Gasteiger partial charge is 0.494 e. The minimum Gasteiger partial charge on any atom is -0.494 e. The Balaban J connectivity index is 1.55. The number of aliphatic hydroxyl groups is 1. The summed E-state index contributed by atoms with van der Waals surface area (Å²) >= 11 is 15.7. The van der Waals surface area contributed by atoms with Crippen LogP contribution in [-0.4, -0.2) is 35.7 Å². The molecule has 1 amide bonds. The number of nitrogens with one attached hydrogen (secondary N) is 2. The number of benzene rings is 4. The Kier molecular flexibility index (Phi) is 11.2. The lowest BCUT2D eigenvalue weighted by Gasteiger charge is -2.31. The molecule has 0 fully saturated rings. The molecule has 0 saturated carbocycles. The van der Waals surface area contributed by atoms with Crippen LogP contribution < -0.4 is 15.6 Å². The summed E-state index contributed by atoms with van der Waals surface area (Å²) in [4.78, 5) is 22.4. The number of aliphatic hydroxyl groups excluding tert-OH is 1. The molecule has 0 unspecified atom stereocenters. The third kappa shape index (κ3) is 7.82. The van der Waals surface area contributed by atoms with Crippen molar-refractivity contribution in [2.75, 3.05) is 13.2 Å². The van der Waals surface area contributed by atoms with Crippen LogP contribution in [0.4, 0.5) is 5.69 Å². The van der Waals surface area contributed by atoms with Crippen molar-refractivity contribution in [1.82, 2.24) is 10.9 Å². The Morgan fingerprint density at radius 1 is 1.07 bits per heavy atom. The summed E-state index contributed by atoms with van der Waals surface area (Å²) in [6.07, 6.45) is -0.294. The minimum absolute atomic E-state index is 0.0371. The van der Waals surface area contributed by atoms with Crippen molar-refractivity contribution in [2.45, 2.75) is 31.0 Å². The molecule has 4 aromatic rings. The molecule has 1 aliphatic heterocycles. The van der Waals surface area contributed by atoms with E-state index in [9.17, 15) is 10.3 Å². The molecule has 0 bridgehead atoms. The number of rotatable bonds is 13. The van der Waals surface area contributed by atoms with Crippen molar-refractivity contribution in [3.05, 3.63) is 138 Å². The van der Waals surface area contributed by atoms with Crippen LogP contribution in [0.1, 0.15) is 34.8 Å². The first-order valence-corrected chi connectivity index (χ1v) is 15.8. The van der Waals surface area contributed by atoms with E-state index in [1.165, 1.54) is 0 Å². The van der Waals surface area contributed by atoms with Gasteiger partial charge in [0.1, 0.15) is 5.75 Å². The number of hydrazine groups is 1. The van der Waals surface area contributed by atoms with E-state index in [2.05, 4.69) is 36.8 Å². The van der Waals surface area contributed by atoms with E-state index in [-0.39, 0.29) is 25.5 Å². The van der Waals surface area contributed by atoms with Crippen LogP contribution in [0, 0.1) is 0 Å². The number of amides is 1. The molecule has 3 N–H and O–H groups in total. The summed E-state index contributed by atoms with van der Waals surface area (Å²) in [5, 5.41) is 13.8. The second-order valence-corrected chi connectivity index (χ2v) is 12.1. The quantitative estimate of drug-likeness (QED) is 0.0425. The van der Waals surface area contributed by atoms with E-state index in [4.69, 9.17) is 42.8 Å². The van der Waals surface area contributed by atoms with Crippen molar-refractivity contribution in [3.8, 4) is 5.75 Å². The van der Waals surface area contributed by atoms with Crippen LogP contribution in [0.5, 0.6) is 5.75 Å². The zero-order valence-corrected chi connectivity index (χ0v) is 27.5. The highest BCUT2D eigenvalue weighted by atomic mass is 79.9. The zero-order chi connectivity index (χ0) is 32.5. The van der Waals surface area contributed by atoms with Gasteiger partial charge in [-0.05, 0) is 70.8 Å². The predicted molar refractivity (Wildman–Crippen MR) is 181 cm³/mol. The van der Waals surface area contributed by atoms with Gasteiger partial charge in [-0.3, -0.25) is 10.2 Å². The summed E-state index contributed by atoms with van der Waals surface area (Å²) in [7, 11) is 0. The van der Waals surface area contributed by atoms with E-state index >= 15 is 0 Å². The highest BCUT2D eigenvalue weighted by molar-refractivity contribution is 9.10. The summed E-state index contributed by atoms with van der Waals surface area (Å²) in [6.45, 7) is 0.670. The topological polar surface area (TPSA) is 141 Å². The van der Waals surface area contributed by atoms with Crippen molar-refractivity contribution in [2.24, 2.45) is 10.1 Å². The average molecular weight is 724 g/mol. The zero-order valence-electron chi connectivity index (χ0n) is 24.4. The SMILES string of the molecule is [N-]=[N+]=Nc1ccccc1C[C@]1(C(=O)NNCc2ccc(Cl)c(Cl)c2)N=C(c2ccc(OCCCO)cc2)O[C@H]1c1ccc(Br)cc1. The van der Waals surface area contributed by atoms with Gasteiger partial charge in [0.2, 0.25) is 5.90 Å². The summed E-state index contributed by atoms with van der Waals surface area (Å²) < 4.78 is 13.1. The van der Waals surface area contributed by atoms with Gasteiger partial charge in [0.05, 0.1) is 16.7 Å². The molecule has 0 radical (unpaired) electrons. The Morgan fingerprint density at radius 2 is 1.83 bits per heavy atom. The molecule has 13 heteroatoms. The fraction of sp³-hybridized carbons (Fsp3) is 0.212. The number of carbonyl (C=O) groups is 1. The van der Waals surface area contributed by atoms with Gasteiger partial charge in [0, 0.05) is 46.6 Å². The number of azide groups is 1. The molecule has 236 valence electrons. The van der Waals surface area contributed by atoms with Gasteiger partial charge in [0.25, 0.3) is 5.91 Å². The minimum atomic E-state index is -1.54. The second kappa shape index (κ2) is 15.5. The maximum Gasteiger partial charge on any atom is 0.266 e. The Bertz CT molecular complexity index is 1770. The van der Waals surface area contributed by atoms with Gasteiger partial charge >= 0.3 is 0 Å². The van der Waals surface area contributed by atoms with Crippen LogP contribution in [0.2, 0.25) is 10.0 Å². The fourth-order valence-electron chi connectivity index (χ4n) is 5.00. The maximum atomic E-state index is 14.4. The highest BCUT2D eigenvalue weighted by Crippen LogP contribution is 2.44. The first kappa shape index (κ1) is 33.3. The molecule has 0 aliphatic carbocycles. The number of halogens is 3. The maximum absolute atomic E-state index is 14.4. The molecule has 0 saturated heterocycles. The number of aliphatic imine (C=N–C) groups is 1. The smallest absolute Gasteiger partial charge is 0.266 e. The van der Waals surface area contributed by atoms with E-state index in [1.54, 1.807) is 60.7 Å². The van der Waals surface area contributed by atoms with Gasteiger partial charge in [-0.25, -0.2) is 10.4 Å². The Labute approximate surface area is 284 Å². The number of hydrogen-bond acceptors (Lipinski definition) is 7. The highest BCUT2D eigenvalue weighted by Gasteiger charge is 2.53. The first-order valence-electron chi connectivity index (χ1n) is 14.3. The Hall–Kier alpha value is -4.09. The third-order valence-electron chi connectivity index (χ3n) is 7.29. The van der Waals surface area contributed by atoms with E-state index < -0.39 is 17.6 Å². The molecule has 1 heterocycles. The van der Waals surface area contributed by atoms with Crippen LogP contribution in [-0.2, 0) is 22.5 Å². The van der Waals surface area contributed by atoms with Crippen molar-refractivity contribution in [3.63, 3.8) is 0 Å². The van der Waals surface area contributed by atoms with Crippen LogP contribution in [0.15, 0.2) is 106 Å². The van der Waals surface area contributed by atoms with E-state index in [0.717, 1.165) is 10.0 Å². The molecule has 0 spiro atoms. The number of ether oxygens (including phenoxy) is 2. The van der Waals surface area contributed by atoms with Gasteiger partial charge in [-0.2, -0.15) is 0 Å². The fourth-order valence-corrected chi connectivity index (χ4v) is 5.59. The van der Waals surface area contributed by atoms with Gasteiger partial charge in [0.15, 0.2) is 11.6 Å². The third-order valence-corrected chi connectivity index (χ3v) is 8.55. The van der Waals surface area contributed by atoms with Crippen LogP contribution in [0.3, 0.4) is 0 Å². The van der Waals surface area contributed by atoms with Crippen molar-refractivity contribution in [1.29, 1.82) is 0 Å². The number of hydrogen-bond donors (Lipinski definition) is 3. The molecule has 0 aromatic heterocycles. The van der Waals surface area contributed by atoms with Crippen LogP contribution in [0.25, 0.3) is 10.4 Å². The van der Waals surface area contributed by atoms with Crippen molar-refractivity contribution >= 4 is 56.6 Å². The van der Waals surface area contributed by atoms with Gasteiger partial charge in [-0.1, -0.05) is 86.7 Å². The van der Waals surface area contributed by atoms with E-state index in [1.807, 2.05) is 30.3 Å². The molecule has 4 aromatic carbocycles. The lowest BCUT2D eigenvalue weighted by Crippen LogP contribution is -2.53. The second-order valence-electron chi connectivity index (χ2n) is 10.4. The number of carbonyl (C=O) groups excluding carboxylic acids is 1. The summed E-state index contributed by atoms with van der Waals surface area (Å²) in [5.41, 5.74) is 16.7. The summed E-state index contributed by atoms with van der Waals surface area (Å²) in [6, 6.07) is 26.9. The van der Waals surface area contributed by atoms with E-state index in [0.29, 0.717) is 51.2 Å². The molecular formula is C33H29BrCl2N6O4. The molecular weight excluding hydrogens is 695 g/mol. The Morgan fingerprint density at radius 3 is 2.54 bits per heavy atom. The monoisotopic (exact) mass is 722 g/mol. The number of nitrogens with zero attached hydrogens (tertiary/aromatic N) is 4.